The summed E-state index contributed by atoms with van der Waals surface area (Å²) in [7, 11) is 0. The van der Waals surface area contributed by atoms with Gasteiger partial charge in [-0.25, -0.2) is 4.52 Å². The molecule has 0 fully saturated rings. The zero-order chi connectivity index (χ0) is 10.7. The van der Waals surface area contributed by atoms with Crippen molar-refractivity contribution in [1.82, 2.24) is 19.6 Å². The Morgan fingerprint density at radius 3 is 3.07 bits per heavy atom. The summed E-state index contributed by atoms with van der Waals surface area (Å²) in [5.74, 6) is 0.475. The molecule has 0 aliphatic heterocycles. The van der Waals surface area contributed by atoms with Crippen molar-refractivity contribution in [2.45, 2.75) is 32.6 Å². The zero-order valence-corrected chi connectivity index (χ0v) is 8.72. The molecule has 5 nitrogen and oxygen atoms in total. The van der Waals surface area contributed by atoms with Crippen molar-refractivity contribution in [3.63, 3.8) is 0 Å². The Hall–Kier alpha value is -1.65. The lowest BCUT2D eigenvalue weighted by Gasteiger charge is -2.03. The van der Waals surface area contributed by atoms with E-state index in [0.29, 0.717) is 5.78 Å². The monoisotopic (exact) mass is 206 g/mol. The van der Waals surface area contributed by atoms with Crippen LogP contribution in [0.25, 0.3) is 5.78 Å². The van der Waals surface area contributed by atoms with Crippen LogP contribution in [0.3, 0.4) is 0 Å². The molecule has 0 radical (unpaired) electrons. The van der Waals surface area contributed by atoms with Gasteiger partial charge in [-0.2, -0.15) is 15.1 Å². The van der Waals surface area contributed by atoms with E-state index in [2.05, 4.69) is 22.0 Å². The van der Waals surface area contributed by atoms with Gasteiger partial charge in [-0.05, 0) is 12.8 Å². The molecule has 0 atom stereocenters. The van der Waals surface area contributed by atoms with Crippen molar-refractivity contribution < 1.29 is 5.11 Å². The second-order valence-corrected chi connectivity index (χ2v) is 3.53. The highest BCUT2D eigenvalue weighted by molar-refractivity contribution is 5.32. The molecular weight excluding hydrogens is 192 g/mol. The van der Waals surface area contributed by atoms with Gasteiger partial charge >= 0.3 is 0 Å². The van der Waals surface area contributed by atoms with E-state index in [9.17, 15) is 5.11 Å². The summed E-state index contributed by atoms with van der Waals surface area (Å²) in [5, 5.41) is 13.5. The first-order valence-electron chi connectivity index (χ1n) is 5.20. The number of hydrogen-bond acceptors (Lipinski definition) is 4. The Morgan fingerprint density at radius 2 is 2.27 bits per heavy atom. The van der Waals surface area contributed by atoms with Gasteiger partial charge in [-0.3, -0.25) is 0 Å². The number of aromatic hydroxyl groups is 1. The van der Waals surface area contributed by atoms with E-state index in [1.165, 1.54) is 19.2 Å². The summed E-state index contributed by atoms with van der Waals surface area (Å²) in [6, 6.07) is 1.65. The third-order valence-corrected chi connectivity index (χ3v) is 2.35. The molecule has 2 heterocycles. The lowest BCUT2D eigenvalue weighted by atomic mass is 10.1. The first-order chi connectivity index (χ1) is 7.31. The highest BCUT2D eigenvalue weighted by atomic mass is 16.3. The van der Waals surface area contributed by atoms with Crippen LogP contribution in [0.1, 0.15) is 31.9 Å². The molecule has 2 rings (SSSR count). The van der Waals surface area contributed by atoms with E-state index in [4.69, 9.17) is 0 Å². The molecule has 0 saturated carbocycles. The third kappa shape index (κ3) is 2.06. The Kier molecular flexibility index (Phi) is 2.80. The minimum Gasteiger partial charge on any atom is -0.493 e. The van der Waals surface area contributed by atoms with Crippen LogP contribution in [0.2, 0.25) is 0 Å². The van der Waals surface area contributed by atoms with Crippen molar-refractivity contribution in [3.8, 4) is 5.88 Å². The van der Waals surface area contributed by atoms with Crippen molar-refractivity contribution in [3.05, 3.63) is 18.1 Å². The number of hydrogen-bond donors (Lipinski definition) is 1. The van der Waals surface area contributed by atoms with Crippen molar-refractivity contribution >= 4 is 5.78 Å². The first kappa shape index (κ1) is 9.89. The quantitative estimate of drug-likeness (QED) is 0.771. The number of fused-ring (bicyclic) bond motifs is 1. The lowest BCUT2D eigenvalue weighted by molar-refractivity contribution is 0.451. The van der Waals surface area contributed by atoms with E-state index < -0.39 is 0 Å². The molecule has 0 aliphatic carbocycles. The Morgan fingerprint density at radius 1 is 1.40 bits per heavy atom. The number of aromatic nitrogens is 4. The molecule has 80 valence electrons. The van der Waals surface area contributed by atoms with Gasteiger partial charge in [0.15, 0.2) is 0 Å². The maximum absolute atomic E-state index is 9.39. The van der Waals surface area contributed by atoms with Crippen LogP contribution in [-0.2, 0) is 6.42 Å². The highest BCUT2D eigenvalue weighted by Gasteiger charge is 2.05. The summed E-state index contributed by atoms with van der Waals surface area (Å²) in [5.41, 5.74) is 0.962. The summed E-state index contributed by atoms with van der Waals surface area (Å²) >= 11 is 0. The third-order valence-electron chi connectivity index (χ3n) is 2.35. The second kappa shape index (κ2) is 4.25. The smallest absolute Gasteiger partial charge is 0.255 e. The molecule has 15 heavy (non-hydrogen) atoms. The first-order valence-corrected chi connectivity index (χ1v) is 5.20. The Labute approximate surface area is 87.8 Å². The van der Waals surface area contributed by atoms with E-state index in [-0.39, 0.29) is 5.88 Å². The summed E-state index contributed by atoms with van der Waals surface area (Å²) in [6.07, 6.45) is 5.79. The van der Waals surface area contributed by atoms with Crippen molar-refractivity contribution in [2.24, 2.45) is 0 Å². The van der Waals surface area contributed by atoms with Crippen LogP contribution in [0, 0.1) is 0 Å². The van der Waals surface area contributed by atoms with Gasteiger partial charge < -0.3 is 5.11 Å². The second-order valence-electron chi connectivity index (χ2n) is 3.53. The fourth-order valence-electron chi connectivity index (χ4n) is 1.59. The van der Waals surface area contributed by atoms with Crippen molar-refractivity contribution in [2.75, 3.05) is 0 Å². The van der Waals surface area contributed by atoms with E-state index in [1.54, 1.807) is 10.6 Å². The zero-order valence-electron chi connectivity index (χ0n) is 8.72. The number of aryl methyl sites for hydroxylation is 1. The largest absolute Gasteiger partial charge is 0.493 e. The predicted molar refractivity (Wildman–Crippen MR) is 55.7 cm³/mol. The number of nitrogens with zero attached hydrogens (tertiary/aromatic N) is 4. The molecule has 0 aliphatic rings. The SMILES string of the molecule is CCCCCc1cc(O)nc2ncnn12. The normalized spacial score (nSPS) is 11.0. The fraction of sp³-hybridized carbons (Fsp3) is 0.500. The van der Waals surface area contributed by atoms with Crippen LogP contribution >= 0.6 is 0 Å². The van der Waals surface area contributed by atoms with E-state index in [0.717, 1.165) is 18.5 Å². The van der Waals surface area contributed by atoms with Crippen LogP contribution in [-0.4, -0.2) is 24.7 Å². The lowest BCUT2D eigenvalue weighted by Crippen LogP contribution is -2.00. The Bertz CT molecular complexity index is 452. The van der Waals surface area contributed by atoms with Crippen LogP contribution in [0.5, 0.6) is 5.88 Å². The maximum Gasteiger partial charge on any atom is 0.255 e. The number of unbranched alkanes of at least 4 members (excludes halogenated alkanes) is 2. The average molecular weight is 206 g/mol. The summed E-state index contributed by atoms with van der Waals surface area (Å²) in [4.78, 5) is 7.82. The van der Waals surface area contributed by atoms with Crippen molar-refractivity contribution in [1.29, 1.82) is 0 Å². The van der Waals surface area contributed by atoms with Gasteiger partial charge in [-0.1, -0.05) is 19.8 Å². The number of rotatable bonds is 4. The standard InChI is InChI=1S/C10H14N4O/c1-2-3-4-5-8-6-9(15)13-10-11-7-12-14(8)10/h6-7H,2-5H2,1H3,(H,11,12,13,15). The van der Waals surface area contributed by atoms with Gasteiger partial charge in [0.1, 0.15) is 6.33 Å². The predicted octanol–water partition coefficient (Wildman–Crippen LogP) is 1.56. The Balaban J connectivity index is 2.27. The average Bonchev–Trinajstić information content (AvgIpc) is 2.65. The molecule has 2 aromatic heterocycles. The molecule has 0 unspecified atom stereocenters. The molecule has 0 spiro atoms. The molecular formula is C10H14N4O. The van der Waals surface area contributed by atoms with Gasteiger partial charge in [0.2, 0.25) is 5.88 Å². The molecule has 0 saturated heterocycles. The fourth-order valence-corrected chi connectivity index (χ4v) is 1.59. The van der Waals surface area contributed by atoms with E-state index in [1.807, 2.05) is 0 Å². The topological polar surface area (TPSA) is 63.3 Å². The molecule has 0 bridgehead atoms. The van der Waals surface area contributed by atoms with Gasteiger partial charge in [-0.15, -0.1) is 0 Å². The van der Waals surface area contributed by atoms with Crippen LogP contribution < -0.4 is 0 Å². The maximum atomic E-state index is 9.39. The van der Waals surface area contributed by atoms with Gasteiger partial charge in [0.05, 0.1) is 5.69 Å². The van der Waals surface area contributed by atoms with E-state index >= 15 is 0 Å². The summed E-state index contributed by atoms with van der Waals surface area (Å²) in [6.45, 7) is 2.16. The molecule has 1 N–H and O–H groups in total. The summed E-state index contributed by atoms with van der Waals surface area (Å²) < 4.78 is 1.68. The molecule has 0 aromatic carbocycles. The minimum atomic E-state index is 0.0157. The highest BCUT2D eigenvalue weighted by Crippen LogP contribution is 2.12. The molecule has 5 heteroatoms. The molecule has 2 aromatic rings. The van der Waals surface area contributed by atoms with Crippen LogP contribution in [0.4, 0.5) is 0 Å². The van der Waals surface area contributed by atoms with Gasteiger partial charge in [0.25, 0.3) is 5.78 Å². The van der Waals surface area contributed by atoms with Crippen LogP contribution in [0.15, 0.2) is 12.4 Å². The molecule has 0 amide bonds. The van der Waals surface area contributed by atoms with Gasteiger partial charge in [0, 0.05) is 6.07 Å². The minimum absolute atomic E-state index is 0.0157.